The molecule has 32 heavy (non-hydrogen) atoms. The monoisotopic (exact) mass is 451 g/mol. The van der Waals surface area contributed by atoms with Gasteiger partial charge in [0.1, 0.15) is 0 Å². The molecule has 0 unspecified atom stereocenters. The first kappa shape index (κ1) is 23.9. The van der Waals surface area contributed by atoms with Crippen molar-refractivity contribution in [1.82, 2.24) is 10.6 Å². The van der Waals surface area contributed by atoms with Crippen molar-refractivity contribution in [3.63, 3.8) is 0 Å². The Labute approximate surface area is 196 Å². The minimum absolute atomic E-state index is 0.0203. The summed E-state index contributed by atoms with van der Waals surface area (Å²) in [5.41, 5.74) is 2.93. The highest BCUT2D eigenvalue weighted by Crippen LogP contribution is 2.23. The molecule has 3 rings (SSSR count). The number of nitrogens with zero attached hydrogens (tertiary/aromatic N) is 1. The fraction of sp³-hybridized carbons (Fsp3) is 0.423. The molecule has 2 amide bonds. The summed E-state index contributed by atoms with van der Waals surface area (Å²) in [5.74, 6) is -0.377. The third kappa shape index (κ3) is 5.94. The minimum Gasteiger partial charge on any atom is -0.349 e. The number of carbonyl (C=O) groups is 2. The fourth-order valence-corrected chi connectivity index (χ4v) is 4.14. The molecule has 0 radical (unpaired) electrons. The number of carbonyl (C=O) groups excluding carboxylic acids is 2. The normalized spacial score (nSPS) is 14.5. The summed E-state index contributed by atoms with van der Waals surface area (Å²) < 4.78 is 0. The van der Waals surface area contributed by atoms with Crippen LogP contribution in [0.4, 0.5) is 5.69 Å². The van der Waals surface area contributed by atoms with E-state index in [9.17, 15) is 9.59 Å². The predicted molar refractivity (Wildman–Crippen MR) is 134 cm³/mol. The van der Waals surface area contributed by atoms with E-state index >= 15 is 0 Å². The molecule has 0 bridgehead atoms. The molecule has 0 heterocycles. The Morgan fingerprint density at radius 2 is 1.56 bits per heavy atom. The molecule has 1 aliphatic rings. The number of nitrogens with one attached hydrogen (secondary N) is 2. The number of benzene rings is 2. The zero-order valence-corrected chi connectivity index (χ0v) is 20.2. The van der Waals surface area contributed by atoms with Crippen LogP contribution in [0, 0.1) is 0 Å². The lowest BCUT2D eigenvalue weighted by Crippen LogP contribution is -2.42. The number of rotatable bonds is 4. The summed E-state index contributed by atoms with van der Waals surface area (Å²) in [7, 11) is 1.76. The van der Waals surface area contributed by atoms with Crippen molar-refractivity contribution in [2.45, 2.75) is 64.3 Å². The topological polar surface area (TPSA) is 61.4 Å². The molecule has 0 atom stereocenters. The number of amides is 2. The lowest BCUT2D eigenvalue weighted by Gasteiger charge is -2.26. The van der Waals surface area contributed by atoms with Gasteiger partial charge in [0.05, 0.1) is 11.3 Å². The first-order valence-corrected chi connectivity index (χ1v) is 11.7. The number of anilines is 1. The Hall–Kier alpha value is -2.73. The Balaban J connectivity index is 1.69. The van der Waals surface area contributed by atoms with Crippen molar-refractivity contribution in [3.8, 4) is 0 Å². The molecule has 5 nitrogen and oxygen atoms in total. The highest BCUT2D eigenvalue weighted by atomic mass is 32.1. The van der Waals surface area contributed by atoms with E-state index in [0.29, 0.717) is 16.8 Å². The largest absolute Gasteiger partial charge is 0.349 e. The molecule has 1 saturated carbocycles. The Morgan fingerprint density at radius 1 is 0.938 bits per heavy atom. The van der Waals surface area contributed by atoms with Gasteiger partial charge < -0.3 is 10.2 Å². The zero-order chi connectivity index (χ0) is 23.3. The standard InChI is InChI=1S/C26H33N3O2S/c1-26(2,3)19-16-14-18(15-17-19)23(30)28-25(32)29(4)22-13-9-8-12-21(22)24(31)27-20-10-6-5-7-11-20/h8-9,12-17,20H,5-7,10-11H2,1-4H3,(H,27,31)(H,28,30,32). The van der Waals surface area contributed by atoms with Crippen LogP contribution in [0.15, 0.2) is 48.5 Å². The number of hydrogen-bond donors (Lipinski definition) is 2. The summed E-state index contributed by atoms with van der Waals surface area (Å²) in [6, 6.07) is 15.1. The van der Waals surface area contributed by atoms with E-state index in [1.54, 1.807) is 18.0 Å². The van der Waals surface area contributed by atoms with Gasteiger partial charge in [0.2, 0.25) is 0 Å². The van der Waals surface area contributed by atoms with E-state index in [4.69, 9.17) is 12.2 Å². The third-order valence-electron chi connectivity index (χ3n) is 5.99. The van der Waals surface area contributed by atoms with Crippen molar-refractivity contribution in [1.29, 1.82) is 0 Å². The van der Waals surface area contributed by atoms with Gasteiger partial charge in [-0.25, -0.2) is 0 Å². The van der Waals surface area contributed by atoms with Crippen molar-refractivity contribution in [2.24, 2.45) is 0 Å². The second kappa shape index (κ2) is 10.3. The molecule has 2 N–H and O–H groups in total. The summed E-state index contributed by atoms with van der Waals surface area (Å²) in [4.78, 5) is 27.4. The first-order chi connectivity index (χ1) is 15.2. The van der Waals surface area contributed by atoms with Crippen LogP contribution in [0.5, 0.6) is 0 Å². The maximum atomic E-state index is 12.9. The molecular formula is C26H33N3O2S. The smallest absolute Gasteiger partial charge is 0.257 e. The van der Waals surface area contributed by atoms with Crippen LogP contribution in [0.1, 0.15) is 79.2 Å². The second-order valence-corrected chi connectivity index (χ2v) is 9.86. The van der Waals surface area contributed by atoms with Crippen molar-refractivity contribution >= 4 is 34.8 Å². The van der Waals surface area contributed by atoms with Crippen molar-refractivity contribution in [3.05, 3.63) is 65.2 Å². The molecule has 2 aromatic carbocycles. The maximum absolute atomic E-state index is 12.9. The minimum atomic E-state index is -0.272. The molecule has 170 valence electrons. The van der Waals surface area contributed by atoms with E-state index in [1.807, 2.05) is 42.5 Å². The van der Waals surface area contributed by atoms with E-state index in [1.165, 1.54) is 6.42 Å². The highest BCUT2D eigenvalue weighted by molar-refractivity contribution is 7.80. The van der Waals surface area contributed by atoms with Crippen molar-refractivity contribution in [2.75, 3.05) is 11.9 Å². The second-order valence-electron chi connectivity index (χ2n) is 9.47. The van der Waals surface area contributed by atoms with Gasteiger partial charge in [-0.05, 0) is 60.3 Å². The van der Waals surface area contributed by atoms with Gasteiger partial charge in [-0.3, -0.25) is 14.9 Å². The SMILES string of the molecule is CN(C(=S)NC(=O)c1ccc(C(C)(C)C)cc1)c1ccccc1C(=O)NC1CCCCC1. The van der Waals surface area contributed by atoms with Crippen LogP contribution in [0.25, 0.3) is 0 Å². The van der Waals surface area contributed by atoms with Crippen molar-refractivity contribution < 1.29 is 9.59 Å². The number of hydrogen-bond acceptors (Lipinski definition) is 3. The van der Waals surface area contributed by atoms with E-state index in [0.717, 1.165) is 31.2 Å². The van der Waals surface area contributed by atoms with E-state index in [2.05, 4.69) is 31.4 Å². The molecule has 1 aliphatic carbocycles. The van der Waals surface area contributed by atoms with Crippen LogP contribution in [-0.2, 0) is 5.41 Å². The highest BCUT2D eigenvalue weighted by Gasteiger charge is 2.22. The first-order valence-electron chi connectivity index (χ1n) is 11.3. The van der Waals surface area contributed by atoms with Crippen LogP contribution in [0.3, 0.4) is 0 Å². The van der Waals surface area contributed by atoms with Crippen LogP contribution < -0.4 is 15.5 Å². The molecule has 0 aliphatic heterocycles. The van der Waals surface area contributed by atoms with Gasteiger partial charge in [-0.2, -0.15) is 0 Å². The third-order valence-corrected chi connectivity index (χ3v) is 6.36. The van der Waals surface area contributed by atoms with Gasteiger partial charge in [0, 0.05) is 18.7 Å². The zero-order valence-electron chi connectivity index (χ0n) is 19.4. The van der Waals surface area contributed by atoms with Crippen LogP contribution >= 0.6 is 12.2 Å². The van der Waals surface area contributed by atoms with E-state index in [-0.39, 0.29) is 28.4 Å². The quantitative estimate of drug-likeness (QED) is 0.628. The van der Waals surface area contributed by atoms with E-state index < -0.39 is 0 Å². The maximum Gasteiger partial charge on any atom is 0.257 e. The van der Waals surface area contributed by atoms with Gasteiger partial charge >= 0.3 is 0 Å². The molecule has 0 aromatic heterocycles. The lowest BCUT2D eigenvalue weighted by atomic mass is 9.87. The number of thiocarbonyl (C=S) groups is 1. The molecular weight excluding hydrogens is 418 g/mol. The van der Waals surface area contributed by atoms with Gasteiger partial charge in [-0.15, -0.1) is 0 Å². The molecule has 0 spiro atoms. The average molecular weight is 452 g/mol. The summed E-state index contributed by atoms with van der Waals surface area (Å²) in [6.45, 7) is 6.40. The molecule has 6 heteroatoms. The Kier molecular flexibility index (Phi) is 7.67. The predicted octanol–water partition coefficient (Wildman–Crippen LogP) is 5.20. The summed E-state index contributed by atoms with van der Waals surface area (Å²) >= 11 is 5.49. The summed E-state index contributed by atoms with van der Waals surface area (Å²) in [6.07, 6.45) is 5.58. The van der Waals surface area contributed by atoms with Gasteiger partial charge in [0.15, 0.2) is 5.11 Å². The average Bonchev–Trinajstić information content (AvgIpc) is 2.78. The fourth-order valence-electron chi connectivity index (χ4n) is 3.95. The van der Waals surface area contributed by atoms with Crippen LogP contribution in [-0.4, -0.2) is 30.0 Å². The van der Waals surface area contributed by atoms with Gasteiger partial charge in [-0.1, -0.05) is 64.3 Å². The number of para-hydroxylation sites is 1. The summed E-state index contributed by atoms with van der Waals surface area (Å²) in [5, 5.41) is 6.19. The lowest BCUT2D eigenvalue weighted by molar-refractivity contribution is 0.0927. The molecule has 0 saturated heterocycles. The molecule has 2 aromatic rings. The van der Waals surface area contributed by atoms with Crippen LogP contribution in [0.2, 0.25) is 0 Å². The van der Waals surface area contributed by atoms with Gasteiger partial charge in [0.25, 0.3) is 11.8 Å². The Bertz CT molecular complexity index is 973. The Morgan fingerprint density at radius 3 is 2.19 bits per heavy atom. The molecule has 1 fully saturated rings.